The molecule has 8 nitrogen and oxygen atoms in total. The van der Waals surface area contributed by atoms with Gasteiger partial charge in [-0.15, -0.1) is 0 Å². The summed E-state index contributed by atoms with van der Waals surface area (Å²) in [6, 6.07) is 0.125. The molecule has 0 spiro atoms. The van der Waals surface area contributed by atoms with Crippen LogP contribution in [0.3, 0.4) is 0 Å². The molecule has 2 aliphatic carbocycles. The number of nitrogens with one attached hydrogen (secondary N) is 2. The number of nitrogens with zero attached hydrogens (tertiary/aromatic N) is 2. The fourth-order valence-corrected chi connectivity index (χ4v) is 5.46. The molecule has 2 saturated carbocycles. The molecule has 1 heterocycles. The van der Waals surface area contributed by atoms with Gasteiger partial charge in [0, 0.05) is 18.1 Å². The van der Waals surface area contributed by atoms with E-state index < -0.39 is 11.6 Å². The second-order valence-corrected chi connectivity index (χ2v) is 11.4. The lowest BCUT2D eigenvalue weighted by Crippen LogP contribution is -2.44. The van der Waals surface area contributed by atoms with E-state index in [-0.39, 0.29) is 11.9 Å². The van der Waals surface area contributed by atoms with Crippen molar-refractivity contribution in [2.45, 2.75) is 97.7 Å². The van der Waals surface area contributed by atoms with Crippen molar-refractivity contribution >= 4 is 12.0 Å². The quantitative estimate of drug-likeness (QED) is 0.507. The highest BCUT2D eigenvalue weighted by molar-refractivity contribution is 5.96. The number of carbonyl (C=O) groups excluding carboxylic acids is 2. The molecule has 2 bridgehead atoms. The summed E-state index contributed by atoms with van der Waals surface area (Å²) in [4.78, 5) is 24.9. The zero-order valence-electron chi connectivity index (χ0n) is 21.9. The van der Waals surface area contributed by atoms with Crippen molar-refractivity contribution in [2.75, 3.05) is 13.7 Å². The molecule has 3 rings (SSSR count). The van der Waals surface area contributed by atoms with Gasteiger partial charge in [0.05, 0.1) is 19.9 Å². The number of alkyl carbamates (subject to hydrolysis) is 1. The van der Waals surface area contributed by atoms with E-state index in [1.807, 2.05) is 13.8 Å². The van der Waals surface area contributed by atoms with Gasteiger partial charge < -0.3 is 20.1 Å². The van der Waals surface area contributed by atoms with E-state index in [4.69, 9.17) is 9.47 Å². The van der Waals surface area contributed by atoms with Crippen LogP contribution in [0, 0.1) is 23.7 Å². The van der Waals surface area contributed by atoms with Gasteiger partial charge in [0.1, 0.15) is 5.56 Å². The van der Waals surface area contributed by atoms with Crippen LogP contribution >= 0.6 is 0 Å². The van der Waals surface area contributed by atoms with Crippen LogP contribution in [-0.2, 0) is 11.3 Å². The SMILES string of the molecule is COC(=O)NC(C)(C)CCn1ncc(C(=O)NC(C)C2CC3CCCC(C3)C2)c1OCC(C)C. The van der Waals surface area contributed by atoms with E-state index in [2.05, 4.69) is 36.5 Å². The summed E-state index contributed by atoms with van der Waals surface area (Å²) in [6.45, 7) is 11.1. The highest BCUT2D eigenvalue weighted by Crippen LogP contribution is 2.43. The van der Waals surface area contributed by atoms with Crippen LogP contribution in [0.25, 0.3) is 0 Å². The Kier molecular flexibility index (Phi) is 8.88. The van der Waals surface area contributed by atoms with Crippen LogP contribution in [-0.4, -0.2) is 47.1 Å². The molecule has 2 aliphatic rings. The second-order valence-electron chi connectivity index (χ2n) is 11.4. The summed E-state index contributed by atoms with van der Waals surface area (Å²) in [6.07, 6.45) is 9.60. The van der Waals surface area contributed by atoms with Crippen molar-refractivity contribution in [3.63, 3.8) is 0 Å². The van der Waals surface area contributed by atoms with Gasteiger partial charge in [-0.25, -0.2) is 9.48 Å². The molecule has 0 radical (unpaired) electrons. The Morgan fingerprint density at radius 1 is 1.18 bits per heavy atom. The average molecular weight is 477 g/mol. The number of aromatic nitrogens is 2. The number of methoxy groups -OCH3 is 1. The predicted molar refractivity (Wildman–Crippen MR) is 132 cm³/mol. The number of carbonyl (C=O) groups is 2. The van der Waals surface area contributed by atoms with Crippen LogP contribution in [0.4, 0.5) is 4.79 Å². The molecule has 3 unspecified atom stereocenters. The summed E-state index contributed by atoms with van der Waals surface area (Å²) >= 11 is 0. The van der Waals surface area contributed by atoms with Crippen LogP contribution < -0.4 is 15.4 Å². The molecule has 1 aromatic heterocycles. The number of hydrogen-bond donors (Lipinski definition) is 2. The van der Waals surface area contributed by atoms with E-state index in [0.29, 0.717) is 42.9 Å². The maximum atomic E-state index is 13.3. The van der Waals surface area contributed by atoms with Gasteiger partial charge in [0.2, 0.25) is 5.88 Å². The minimum absolute atomic E-state index is 0.125. The van der Waals surface area contributed by atoms with Gasteiger partial charge in [0.15, 0.2) is 0 Å². The number of ether oxygens (including phenoxy) is 2. The smallest absolute Gasteiger partial charge is 0.407 e. The zero-order chi connectivity index (χ0) is 24.9. The molecule has 0 aromatic carbocycles. The highest BCUT2D eigenvalue weighted by Gasteiger charge is 2.35. The monoisotopic (exact) mass is 476 g/mol. The van der Waals surface area contributed by atoms with E-state index >= 15 is 0 Å². The summed E-state index contributed by atoms with van der Waals surface area (Å²) < 4.78 is 12.5. The number of fused-ring (bicyclic) bond motifs is 2. The molecular weight excluding hydrogens is 432 g/mol. The highest BCUT2D eigenvalue weighted by atomic mass is 16.5. The van der Waals surface area contributed by atoms with Crippen molar-refractivity contribution in [1.82, 2.24) is 20.4 Å². The number of hydrogen-bond acceptors (Lipinski definition) is 5. The molecule has 2 N–H and O–H groups in total. The lowest BCUT2D eigenvalue weighted by Gasteiger charge is -2.41. The van der Waals surface area contributed by atoms with Gasteiger partial charge in [-0.3, -0.25) is 4.79 Å². The summed E-state index contributed by atoms with van der Waals surface area (Å²) in [5.41, 5.74) is -0.0214. The Morgan fingerprint density at radius 3 is 2.47 bits per heavy atom. The van der Waals surface area contributed by atoms with Crippen LogP contribution in [0.1, 0.15) is 89.9 Å². The number of rotatable bonds is 10. The van der Waals surface area contributed by atoms with Gasteiger partial charge in [-0.05, 0) is 70.1 Å². The first kappa shape index (κ1) is 26.4. The number of amides is 2. The third kappa shape index (κ3) is 7.12. The average Bonchev–Trinajstić information content (AvgIpc) is 3.18. The Hall–Kier alpha value is -2.25. The lowest BCUT2D eigenvalue weighted by atomic mass is 9.66. The molecule has 0 saturated heterocycles. The fourth-order valence-electron chi connectivity index (χ4n) is 5.46. The third-order valence-corrected chi connectivity index (χ3v) is 7.39. The molecule has 3 atom stereocenters. The van der Waals surface area contributed by atoms with Gasteiger partial charge in [-0.2, -0.15) is 5.10 Å². The Morgan fingerprint density at radius 2 is 1.85 bits per heavy atom. The van der Waals surface area contributed by atoms with Crippen LogP contribution in [0.15, 0.2) is 6.20 Å². The molecular formula is C26H44N4O4. The minimum Gasteiger partial charge on any atom is -0.477 e. The Labute approximate surface area is 204 Å². The lowest BCUT2D eigenvalue weighted by molar-refractivity contribution is 0.0849. The van der Waals surface area contributed by atoms with Crippen molar-refractivity contribution in [3.05, 3.63) is 11.8 Å². The predicted octanol–water partition coefficient (Wildman–Crippen LogP) is 4.78. The van der Waals surface area contributed by atoms with Gasteiger partial charge in [-0.1, -0.05) is 33.1 Å². The molecule has 192 valence electrons. The molecule has 1 aromatic rings. The molecule has 2 amide bonds. The minimum atomic E-state index is -0.496. The summed E-state index contributed by atoms with van der Waals surface area (Å²) in [7, 11) is 1.35. The topological polar surface area (TPSA) is 94.5 Å². The zero-order valence-corrected chi connectivity index (χ0v) is 21.9. The maximum absolute atomic E-state index is 13.3. The molecule has 0 aliphatic heterocycles. The van der Waals surface area contributed by atoms with Gasteiger partial charge >= 0.3 is 6.09 Å². The fraction of sp³-hybridized carbons (Fsp3) is 0.808. The van der Waals surface area contributed by atoms with Crippen molar-refractivity contribution in [2.24, 2.45) is 23.7 Å². The first-order valence-electron chi connectivity index (χ1n) is 12.9. The third-order valence-electron chi connectivity index (χ3n) is 7.39. The molecule has 8 heteroatoms. The van der Waals surface area contributed by atoms with E-state index in [9.17, 15) is 9.59 Å². The molecule has 2 fully saturated rings. The van der Waals surface area contributed by atoms with E-state index in [1.54, 1.807) is 10.9 Å². The largest absolute Gasteiger partial charge is 0.477 e. The van der Waals surface area contributed by atoms with Crippen molar-refractivity contribution < 1.29 is 19.1 Å². The standard InChI is InChI=1S/C26H44N4O4/c1-17(2)16-34-24-22(15-27-30(24)11-10-26(4,5)29-25(32)33-6)23(31)28-18(3)21-13-19-8-7-9-20(12-19)14-21/h15,17-21H,7-14,16H2,1-6H3,(H,28,31)(H,29,32). The Balaban J connectivity index is 1.67. The maximum Gasteiger partial charge on any atom is 0.407 e. The second kappa shape index (κ2) is 11.5. The normalized spacial score (nSPS) is 23.3. The summed E-state index contributed by atoms with van der Waals surface area (Å²) in [5.74, 6) is 2.87. The first-order valence-corrected chi connectivity index (χ1v) is 12.9. The summed E-state index contributed by atoms with van der Waals surface area (Å²) in [5, 5.41) is 10.6. The van der Waals surface area contributed by atoms with Crippen molar-refractivity contribution in [3.8, 4) is 5.88 Å². The van der Waals surface area contributed by atoms with Gasteiger partial charge in [0.25, 0.3) is 5.91 Å². The van der Waals surface area contributed by atoms with Crippen LogP contribution in [0.5, 0.6) is 5.88 Å². The first-order chi connectivity index (χ1) is 16.1. The molecule has 34 heavy (non-hydrogen) atoms. The van der Waals surface area contributed by atoms with E-state index in [0.717, 1.165) is 11.8 Å². The van der Waals surface area contributed by atoms with Crippen LogP contribution in [0.2, 0.25) is 0 Å². The Bertz CT molecular complexity index is 823. The van der Waals surface area contributed by atoms with Crippen molar-refractivity contribution in [1.29, 1.82) is 0 Å². The van der Waals surface area contributed by atoms with E-state index in [1.165, 1.54) is 45.6 Å². The number of aryl methyl sites for hydroxylation is 1.